The van der Waals surface area contributed by atoms with Crippen molar-refractivity contribution in [3.8, 4) is 22.4 Å². The van der Waals surface area contributed by atoms with Crippen molar-refractivity contribution >= 4 is 16.9 Å². The highest BCUT2D eigenvalue weighted by molar-refractivity contribution is 5.96. The van der Waals surface area contributed by atoms with Gasteiger partial charge in [0.05, 0.1) is 12.7 Å². The van der Waals surface area contributed by atoms with Gasteiger partial charge in [0, 0.05) is 34.9 Å². The Morgan fingerprint density at radius 1 is 1.07 bits per heavy atom. The summed E-state index contributed by atoms with van der Waals surface area (Å²) in [6.07, 6.45) is 0.729. The molecule has 0 aliphatic carbocycles. The molecule has 0 radical (unpaired) electrons. The zero-order chi connectivity index (χ0) is 21.1. The fourth-order valence-corrected chi connectivity index (χ4v) is 3.18. The average Bonchev–Trinajstić information content (AvgIpc) is 3.21. The fourth-order valence-electron chi connectivity index (χ4n) is 3.18. The third kappa shape index (κ3) is 4.22. The Labute approximate surface area is 172 Å². The van der Waals surface area contributed by atoms with Gasteiger partial charge in [0.2, 0.25) is 0 Å². The molecular weight excluding hydrogens is 385 g/mol. The first-order valence-corrected chi connectivity index (χ1v) is 9.46. The number of benzene rings is 2. The first kappa shape index (κ1) is 19.8. The normalized spacial score (nSPS) is 12.1. The highest BCUT2D eigenvalue weighted by Gasteiger charge is 2.11. The highest BCUT2D eigenvalue weighted by Crippen LogP contribution is 2.27. The van der Waals surface area contributed by atoms with E-state index in [2.05, 4.69) is 15.3 Å². The molecule has 0 bridgehead atoms. The number of aromatic amines is 1. The quantitative estimate of drug-likeness (QED) is 0.396. The highest BCUT2D eigenvalue weighted by atomic mass is 19.1. The maximum atomic E-state index is 13.2. The molecule has 0 aliphatic rings. The summed E-state index contributed by atoms with van der Waals surface area (Å²) < 4.78 is 13.2. The number of aromatic nitrogens is 2. The number of carbonyl (C=O) groups is 1. The molecule has 0 saturated carbocycles. The van der Waals surface area contributed by atoms with Gasteiger partial charge < -0.3 is 20.5 Å². The molecular formula is C23H20FN3O3. The van der Waals surface area contributed by atoms with E-state index in [1.54, 1.807) is 36.5 Å². The number of carbonyl (C=O) groups excluding carboxylic acids is 1. The molecule has 6 nitrogen and oxygen atoms in total. The lowest BCUT2D eigenvalue weighted by atomic mass is 10.0. The molecule has 4 aromatic rings. The summed E-state index contributed by atoms with van der Waals surface area (Å²) in [4.78, 5) is 20.0. The number of hydrogen-bond acceptors (Lipinski definition) is 4. The molecule has 4 rings (SSSR count). The summed E-state index contributed by atoms with van der Waals surface area (Å²) in [6.45, 7) is -0.439. The van der Waals surface area contributed by atoms with Crippen LogP contribution in [0.4, 0.5) is 4.39 Å². The van der Waals surface area contributed by atoms with Crippen LogP contribution in [0.5, 0.6) is 0 Å². The predicted molar refractivity (Wildman–Crippen MR) is 112 cm³/mol. The Bertz CT molecular complexity index is 1190. The maximum Gasteiger partial charge on any atom is 0.251 e. The molecule has 2 heterocycles. The van der Waals surface area contributed by atoms with Gasteiger partial charge in [0.15, 0.2) is 0 Å². The van der Waals surface area contributed by atoms with Crippen LogP contribution in [-0.4, -0.2) is 45.3 Å². The lowest BCUT2D eigenvalue weighted by molar-refractivity contribution is 0.0802. The number of aliphatic hydroxyl groups excluding tert-OH is 2. The smallest absolute Gasteiger partial charge is 0.251 e. The van der Waals surface area contributed by atoms with Gasteiger partial charge in [0.1, 0.15) is 11.5 Å². The minimum atomic E-state index is -0.993. The maximum absolute atomic E-state index is 13.2. The second-order valence-corrected chi connectivity index (χ2v) is 6.98. The second-order valence-electron chi connectivity index (χ2n) is 6.98. The SMILES string of the molecule is O=C(NC[C@@H](O)CO)c1cccc(-c2cnc3[nH]c(-c4ccc(F)cc4)cc3c2)c1. The number of nitrogens with one attached hydrogen (secondary N) is 2. The van der Waals surface area contributed by atoms with Crippen LogP contribution in [0, 0.1) is 5.82 Å². The van der Waals surface area contributed by atoms with Crippen LogP contribution in [0.2, 0.25) is 0 Å². The number of nitrogens with zero attached hydrogens (tertiary/aromatic N) is 1. The summed E-state index contributed by atoms with van der Waals surface area (Å²) >= 11 is 0. The molecule has 0 spiro atoms. The van der Waals surface area contributed by atoms with Crippen molar-refractivity contribution in [2.24, 2.45) is 0 Å². The summed E-state index contributed by atoms with van der Waals surface area (Å²) in [5, 5.41) is 21.7. The summed E-state index contributed by atoms with van der Waals surface area (Å²) in [7, 11) is 0. The minimum absolute atomic E-state index is 0.0252. The van der Waals surface area contributed by atoms with Gasteiger partial charge in [-0.1, -0.05) is 12.1 Å². The van der Waals surface area contributed by atoms with Gasteiger partial charge in [-0.25, -0.2) is 9.37 Å². The van der Waals surface area contributed by atoms with E-state index in [9.17, 15) is 14.3 Å². The monoisotopic (exact) mass is 405 g/mol. The Kier molecular flexibility index (Phi) is 5.56. The molecule has 0 aliphatic heterocycles. The van der Waals surface area contributed by atoms with Gasteiger partial charge in [-0.05, 0) is 59.7 Å². The van der Waals surface area contributed by atoms with E-state index < -0.39 is 12.7 Å². The van der Waals surface area contributed by atoms with Crippen LogP contribution in [0.1, 0.15) is 10.4 Å². The predicted octanol–water partition coefficient (Wildman–Crippen LogP) is 3.12. The number of fused-ring (bicyclic) bond motifs is 1. The molecule has 4 N–H and O–H groups in total. The van der Waals surface area contributed by atoms with E-state index in [4.69, 9.17) is 5.11 Å². The number of hydrogen-bond donors (Lipinski definition) is 4. The topological polar surface area (TPSA) is 98.2 Å². The van der Waals surface area contributed by atoms with E-state index in [1.165, 1.54) is 12.1 Å². The third-order valence-electron chi connectivity index (χ3n) is 4.79. The number of H-pyrrole nitrogens is 1. The number of halogens is 1. The van der Waals surface area contributed by atoms with E-state index in [1.807, 2.05) is 18.2 Å². The van der Waals surface area contributed by atoms with Gasteiger partial charge in [-0.2, -0.15) is 0 Å². The standard InChI is InChI=1S/C23H20FN3O3/c24-19-6-4-14(5-7-19)21-10-17-9-18(11-25-22(17)27-21)15-2-1-3-16(8-15)23(30)26-12-20(29)13-28/h1-11,20,28-29H,12-13H2,(H,25,27)(H,26,30)/t20-/m1/s1. The molecule has 0 unspecified atom stereocenters. The molecule has 2 aromatic heterocycles. The van der Waals surface area contributed by atoms with Gasteiger partial charge >= 0.3 is 0 Å². The molecule has 30 heavy (non-hydrogen) atoms. The molecule has 152 valence electrons. The zero-order valence-corrected chi connectivity index (χ0v) is 16.0. The van der Waals surface area contributed by atoms with Gasteiger partial charge in [-0.15, -0.1) is 0 Å². The molecule has 7 heteroatoms. The third-order valence-corrected chi connectivity index (χ3v) is 4.79. The summed E-state index contributed by atoms with van der Waals surface area (Å²) in [6, 6.07) is 17.2. The Hall–Kier alpha value is -3.55. The molecule has 1 amide bonds. The van der Waals surface area contributed by atoms with Crippen LogP contribution in [0.15, 0.2) is 66.9 Å². The van der Waals surface area contributed by atoms with Crippen molar-refractivity contribution in [2.45, 2.75) is 6.10 Å². The lowest BCUT2D eigenvalue weighted by Gasteiger charge is -2.10. The molecule has 2 aromatic carbocycles. The van der Waals surface area contributed by atoms with Crippen molar-refractivity contribution in [1.29, 1.82) is 0 Å². The van der Waals surface area contributed by atoms with Crippen molar-refractivity contribution in [2.75, 3.05) is 13.2 Å². The largest absolute Gasteiger partial charge is 0.394 e. The average molecular weight is 405 g/mol. The van der Waals surface area contributed by atoms with Crippen molar-refractivity contribution < 1.29 is 19.4 Å². The fraction of sp³-hybridized carbons (Fsp3) is 0.130. The Balaban J connectivity index is 1.60. The van der Waals surface area contributed by atoms with Crippen LogP contribution in [-0.2, 0) is 0 Å². The molecule has 0 fully saturated rings. The van der Waals surface area contributed by atoms with Gasteiger partial charge in [-0.3, -0.25) is 4.79 Å². The van der Waals surface area contributed by atoms with Crippen molar-refractivity contribution in [3.05, 3.63) is 78.2 Å². The van der Waals surface area contributed by atoms with E-state index in [0.29, 0.717) is 11.2 Å². The Morgan fingerprint density at radius 3 is 2.63 bits per heavy atom. The first-order valence-electron chi connectivity index (χ1n) is 9.46. The number of amides is 1. The van der Waals surface area contributed by atoms with E-state index in [-0.39, 0.29) is 18.3 Å². The van der Waals surface area contributed by atoms with Crippen molar-refractivity contribution in [1.82, 2.24) is 15.3 Å². The number of rotatable bonds is 6. The van der Waals surface area contributed by atoms with E-state index >= 15 is 0 Å². The lowest BCUT2D eigenvalue weighted by Crippen LogP contribution is -2.33. The van der Waals surface area contributed by atoms with Crippen LogP contribution in [0.25, 0.3) is 33.4 Å². The number of aliphatic hydroxyl groups is 2. The zero-order valence-electron chi connectivity index (χ0n) is 16.0. The van der Waals surface area contributed by atoms with Crippen LogP contribution < -0.4 is 5.32 Å². The second kappa shape index (κ2) is 8.44. The van der Waals surface area contributed by atoms with Gasteiger partial charge in [0.25, 0.3) is 5.91 Å². The van der Waals surface area contributed by atoms with Crippen LogP contribution in [0.3, 0.4) is 0 Å². The van der Waals surface area contributed by atoms with Crippen molar-refractivity contribution in [3.63, 3.8) is 0 Å². The minimum Gasteiger partial charge on any atom is -0.394 e. The first-order chi connectivity index (χ1) is 14.5. The summed E-state index contributed by atoms with van der Waals surface area (Å²) in [5.74, 6) is -0.622. The Morgan fingerprint density at radius 2 is 1.87 bits per heavy atom. The number of pyridine rings is 1. The summed E-state index contributed by atoms with van der Waals surface area (Å²) in [5.41, 5.74) is 4.52. The van der Waals surface area contributed by atoms with Crippen LogP contribution >= 0.6 is 0 Å². The van der Waals surface area contributed by atoms with E-state index in [0.717, 1.165) is 27.8 Å². The molecule has 0 saturated heterocycles. The molecule has 1 atom stereocenters.